The van der Waals surface area contributed by atoms with E-state index < -0.39 is 0 Å². The number of benzene rings is 1. The lowest BCUT2D eigenvalue weighted by molar-refractivity contribution is 0.102. The second-order valence-electron chi connectivity index (χ2n) is 5.92. The molecule has 134 valence electrons. The lowest BCUT2D eigenvalue weighted by Gasteiger charge is -2.07. The van der Waals surface area contributed by atoms with Gasteiger partial charge in [0.2, 0.25) is 0 Å². The van der Waals surface area contributed by atoms with Crippen molar-refractivity contribution in [1.82, 2.24) is 19.7 Å². The van der Waals surface area contributed by atoms with E-state index in [1.165, 1.54) is 11.8 Å². The van der Waals surface area contributed by atoms with E-state index in [0.717, 1.165) is 28.3 Å². The van der Waals surface area contributed by atoms with Crippen molar-refractivity contribution in [2.75, 3.05) is 5.75 Å². The lowest BCUT2D eigenvalue weighted by Crippen LogP contribution is -2.06. The minimum atomic E-state index is 0.0676. The summed E-state index contributed by atoms with van der Waals surface area (Å²) in [4.78, 5) is 15.7. The highest BCUT2D eigenvalue weighted by Gasteiger charge is 2.17. The Labute approximate surface area is 161 Å². The first-order valence-corrected chi connectivity index (χ1v) is 9.48. The normalized spacial score (nSPS) is 10.9. The third kappa shape index (κ3) is 3.92. The van der Waals surface area contributed by atoms with Crippen LogP contribution in [-0.4, -0.2) is 31.3 Å². The number of nitrogens with zero attached hydrogens (tertiary/aromatic N) is 3. The molecule has 1 N–H and O–H groups in total. The van der Waals surface area contributed by atoms with Crippen LogP contribution in [-0.2, 0) is 6.54 Å². The Morgan fingerprint density at radius 3 is 2.65 bits per heavy atom. The molecule has 3 aromatic rings. The van der Waals surface area contributed by atoms with Gasteiger partial charge in [-0.15, -0.1) is 16.8 Å². The van der Waals surface area contributed by atoms with Crippen LogP contribution in [0.15, 0.2) is 48.1 Å². The number of hydrogen-bond acceptors (Lipinski definition) is 4. The number of allylic oxidation sites excluding steroid dienone is 1. The zero-order valence-corrected chi connectivity index (χ0v) is 16.2. The number of rotatable bonds is 7. The number of thioether (sulfide) groups is 1. The number of carbonyl (C=O) groups is 1. The zero-order valence-electron chi connectivity index (χ0n) is 14.6. The molecular formula is C19H19ClN4OS. The minimum Gasteiger partial charge on any atom is -0.362 e. The Hall–Kier alpha value is -2.31. The Kier molecular flexibility index (Phi) is 5.64. The van der Waals surface area contributed by atoms with Crippen molar-refractivity contribution in [1.29, 1.82) is 0 Å². The average Bonchev–Trinajstić information content (AvgIpc) is 3.16. The van der Waals surface area contributed by atoms with Gasteiger partial charge in [0.15, 0.2) is 16.8 Å². The molecule has 0 atom stereocenters. The molecule has 0 aliphatic heterocycles. The van der Waals surface area contributed by atoms with Gasteiger partial charge in [0.25, 0.3) is 0 Å². The highest BCUT2D eigenvalue weighted by atomic mass is 35.5. The molecule has 0 saturated carbocycles. The molecule has 0 amide bonds. The van der Waals surface area contributed by atoms with Gasteiger partial charge in [0.1, 0.15) is 0 Å². The molecule has 2 heterocycles. The molecule has 0 aliphatic rings. The van der Waals surface area contributed by atoms with Crippen LogP contribution in [0, 0.1) is 13.8 Å². The first-order chi connectivity index (χ1) is 12.5. The summed E-state index contributed by atoms with van der Waals surface area (Å²) in [5.74, 6) is 1.09. The molecule has 5 nitrogen and oxygen atoms in total. The number of aromatic amines is 1. The van der Waals surface area contributed by atoms with Gasteiger partial charge in [-0.2, -0.15) is 0 Å². The molecule has 0 fully saturated rings. The number of hydrogen-bond donors (Lipinski definition) is 1. The van der Waals surface area contributed by atoms with Gasteiger partial charge in [0.05, 0.1) is 5.75 Å². The maximum absolute atomic E-state index is 12.5. The molecule has 2 aromatic heterocycles. The van der Waals surface area contributed by atoms with Gasteiger partial charge in [-0.1, -0.05) is 29.4 Å². The van der Waals surface area contributed by atoms with E-state index in [0.29, 0.717) is 22.5 Å². The fraction of sp³-hybridized carbons (Fsp3) is 0.211. The second kappa shape index (κ2) is 7.93. The van der Waals surface area contributed by atoms with Crippen LogP contribution in [0.2, 0.25) is 5.02 Å². The summed E-state index contributed by atoms with van der Waals surface area (Å²) in [6.07, 6.45) is 1.79. The number of aromatic nitrogens is 4. The number of H-pyrrole nitrogens is 1. The van der Waals surface area contributed by atoms with E-state index >= 15 is 0 Å². The van der Waals surface area contributed by atoms with Crippen molar-refractivity contribution < 1.29 is 4.79 Å². The number of ketones is 1. The average molecular weight is 387 g/mol. The molecule has 0 radical (unpaired) electrons. The monoisotopic (exact) mass is 386 g/mol. The highest BCUT2D eigenvalue weighted by Crippen LogP contribution is 2.26. The minimum absolute atomic E-state index is 0.0676. The molecule has 3 rings (SSSR count). The molecule has 0 bridgehead atoms. The Morgan fingerprint density at radius 1 is 1.31 bits per heavy atom. The molecule has 7 heteroatoms. The van der Waals surface area contributed by atoms with Crippen molar-refractivity contribution in [2.24, 2.45) is 0 Å². The molecule has 0 saturated heterocycles. The lowest BCUT2D eigenvalue weighted by atomic mass is 10.2. The number of Topliss-reactive ketones (excluding diaryl/α,β-unsaturated/α-hetero) is 1. The molecule has 0 aliphatic carbocycles. The van der Waals surface area contributed by atoms with Crippen LogP contribution >= 0.6 is 23.4 Å². The summed E-state index contributed by atoms with van der Waals surface area (Å²) in [5, 5.41) is 9.91. The summed E-state index contributed by atoms with van der Waals surface area (Å²) in [6.45, 7) is 8.21. The van der Waals surface area contributed by atoms with Crippen molar-refractivity contribution in [2.45, 2.75) is 25.5 Å². The largest absolute Gasteiger partial charge is 0.362 e. The second-order valence-corrected chi connectivity index (χ2v) is 7.29. The van der Waals surface area contributed by atoms with E-state index in [1.54, 1.807) is 6.08 Å². The number of halogens is 1. The fourth-order valence-electron chi connectivity index (χ4n) is 2.72. The van der Waals surface area contributed by atoms with Crippen LogP contribution in [0.25, 0.3) is 11.4 Å². The van der Waals surface area contributed by atoms with Crippen LogP contribution < -0.4 is 0 Å². The third-order valence-corrected chi connectivity index (χ3v) is 5.13. The third-order valence-electron chi connectivity index (χ3n) is 3.91. The van der Waals surface area contributed by atoms with Gasteiger partial charge in [-0.05, 0) is 44.2 Å². The van der Waals surface area contributed by atoms with Gasteiger partial charge < -0.3 is 4.98 Å². The smallest absolute Gasteiger partial charge is 0.192 e. The Morgan fingerprint density at radius 2 is 2.04 bits per heavy atom. The maximum Gasteiger partial charge on any atom is 0.192 e. The highest BCUT2D eigenvalue weighted by molar-refractivity contribution is 7.99. The van der Waals surface area contributed by atoms with Crippen molar-refractivity contribution in [3.8, 4) is 11.4 Å². The fourth-order valence-corrected chi connectivity index (χ4v) is 3.68. The van der Waals surface area contributed by atoms with E-state index in [-0.39, 0.29) is 5.78 Å². The first-order valence-electron chi connectivity index (χ1n) is 8.12. The summed E-state index contributed by atoms with van der Waals surface area (Å²) >= 11 is 7.34. The van der Waals surface area contributed by atoms with Crippen molar-refractivity contribution in [3.63, 3.8) is 0 Å². The predicted octanol–water partition coefficient (Wildman–Crippen LogP) is 4.70. The molecule has 0 spiro atoms. The van der Waals surface area contributed by atoms with Gasteiger partial charge in [-0.25, -0.2) is 0 Å². The molecule has 0 unspecified atom stereocenters. The van der Waals surface area contributed by atoms with Gasteiger partial charge >= 0.3 is 0 Å². The summed E-state index contributed by atoms with van der Waals surface area (Å²) < 4.78 is 1.95. The number of carbonyl (C=O) groups excluding carboxylic acids is 1. The summed E-state index contributed by atoms with van der Waals surface area (Å²) in [5.41, 5.74) is 3.51. The molecule has 1 aromatic carbocycles. The number of aryl methyl sites for hydroxylation is 2. The maximum atomic E-state index is 12.5. The Bertz CT molecular complexity index is 943. The quantitative estimate of drug-likeness (QED) is 0.363. The standard InChI is InChI=1S/C19H19ClN4OS/c1-4-9-24-18(14-5-7-15(20)8-6-14)22-23-19(24)26-11-17(25)16-10-12(2)21-13(16)3/h4-8,10,21H,1,9,11H2,2-3H3. The van der Waals surface area contributed by atoms with Crippen molar-refractivity contribution in [3.05, 3.63) is 65.0 Å². The van der Waals surface area contributed by atoms with E-state index in [4.69, 9.17) is 11.6 Å². The molecular weight excluding hydrogens is 368 g/mol. The van der Waals surface area contributed by atoms with Gasteiger partial charge in [-0.3, -0.25) is 9.36 Å². The van der Waals surface area contributed by atoms with E-state index in [1.807, 2.05) is 48.7 Å². The predicted molar refractivity (Wildman–Crippen MR) is 106 cm³/mol. The van der Waals surface area contributed by atoms with Gasteiger partial charge in [0, 0.05) is 34.1 Å². The number of nitrogens with one attached hydrogen (secondary N) is 1. The first kappa shape index (κ1) is 18.5. The molecule has 26 heavy (non-hydrogen) atoms. The summed E-state index contributed by atoms with van der Waals surface area (Å²) in [7, 11) is 0. The van der Waals surface area contributed by atoms with Crippen LogP contribution in [0.5, 0.6) is 0 Å². The summed E-state index contributed by atoms with van der Waals surface area (Å²) in [6, 6.07) is 9.31. The Balaban J connectivity index is 1.81. The van der Waals surface area contributed by atoms with Crippen LogP contribution in [0.4, 0.5) is 0 Å². The SMILES string of the molecule is C=CCn1c(SCC(=O)c2cc(C)[nH]c2C)nnc1-c1ccc(Cl)cc1. The van der Waals surface area contributed by atoms with E-state index in [2.05, 4.69) is 21.8 Å². The topological polar surface area (TPSA) is 63.6 Å². The zero-order chi connectivity index (χ0) is 18.7. The van der Waals surface area contributed by atoms with Crippen LogP contribution in [0.1, 0.15) is 21.7 Å². The van der Waals surface area contributed by atoms with Crippen molar-refractivity contribution >= 4 is 29.1 Å². The van der Waals surface area contributed by atoms with E-state index in [9.17, 15) is 4.79 Å². The van der Waals surface area contributed by atoms with Crippen LogP contribution in [0.3, 0.4) is 0 Å².